The third kappa shape index (κ3) is 5.68. The number of hydrogen-bond donors (Lipinski definition) is 2. The monoisotopic (exact) mass is 310 g/mol. The van der Waals surface area contributed by atoms with Crippen LogP contribution in [0.3, 0.4) is 0 Å². The molecular formula is C17H27ClN2O. The molecule has 0 unspecified atom stereocenters. The van der Waals surface area contributed by atoms with E-state index in [1.165, 1.54) is 19.3 Å². The number of benzene rings is 1. The first-order chi connectivity index (χ1) is 9.69. The van der Waals surface area contributed by atoms with Crippen LogP contribution in [0.4, 0.5) is 0 Å². The molecule has 1 aromatic rings. The molecule has 0 aliphatic heterocycles. The average molecular weight is 311 g/mol. The van der Waals surface area contributed by atoms with Crippen molar-refractivity contribution in [1.29, 1.82) is 0 Å². The maximum Gasteiger partial charge on any atom is 0.237 e. The van der Waals surface area contributed by atoms with Crippen molar-refractivity contribution in [2.45, 2.75) is 57.5 Å². The van der Waals surface area contributed by atoms with Gasteiger partial charge in [-0.3, -0.25) is 4.79 Å². The van der Waals surface area contributed by atoms with Crippen molar-refractivity contribution in [2.75, 3.05) is 0 Å². The lowest BCUT2D eigenvalue weighted by Crippen LogP contribution is -2.47. The van der Waals surface area contributed by atoms with Gasteiger partial charge in [0, 0.05) is 6.04 Å². The van der Waals surface area contributed by atoms with Crippen molar-refractivity contribution in [2.24, 2.45) is 11.7 Å². The van der Waals surface area contributed by atoms with Crippen LogP contribution in [0.25, 0.3) is 0 Å². The minimum Gasteiger partial charge on any atom is -0.352 e. The Morgan fingerprint density at radius 1 is 1.24 bits per heavy atom. The zero-order valence-electron chi connectivity index (χ0n) is 12.8. The van der Waals surface area contributed by atoms with E-state index in [1.54, 1.807) is 0 Å². The molecule has 0 bridgehead atoms. The lowest BCUT2D eigenvalue weighted by atomic mass is 9.84. The Hall–Kier alpha value is -1.06. The lowest BCUT2D eigenvalue weighted by Gasteiger charge is -2.29. The van der Waals surface area contributed by atoms with E-state index in [0.29, 0.717) is 12.5 Å². The van der Waals surface area contributed by atoms with E-state index in [1.807, 2.05) is 30.3 Å². The lowest BCUT2D eigenvalue weighted by molar-refractivity contribution is -0.123. The Kier molecular flexibility index (Phi) is 7.76. The first kappa shape index (κ1) is 18.0. The molecule has 0 radical (unpaired) electrons. The standard InChI is InChI=1S/C17H26N2O.ClH/c1-2-13-8-10-15(11-9-13)19-17(20)16(18)12-14-6-4-3-5-7-14;/h3-7,13,15-16H,2,8-12,18H2,1H3,(H,19,20);1H/t13?,15?,16-;/m0./s1. The molecule has 1 fully saturated rings. The van der Waals surface area contributed by atoms with Crippen LogP contribution in [0, 0.1) is 5.92 Å². The summed E-state index contributed by atoms with van der Waals surface area (Å²) < 4.78 is 0. The van der Waals surface area contributed by atoms with E-state index < -0.39 is 6.04 Å². The molecule has 1 atom stereocenters. The van der Waals surface area contributed by atoms with Gasteiger partial charge < -0.3 is 11.1 Å². The largest absolute Gasteiger partial charge is 0.352 e. The predicted molar refractivity (Wildman–Crippen MR) is 89.5 cm³/mol. The predicted octanol–water partition coefficient (Wildman–Crippen LogP) is 3.06. The van der Waals surface area contributed by atoms with Gasteiger partial charge >= 0.3 is 0 Å². The molecule has 3 nitrogen and oxygen atoms in total. The second-order valence-electron chi connectivity index (χ2n) is 5.93. The number of carbonyl (C=O) groups is 1. The molecule has 1 aromatic carbocycles. The Bertz CT molecular complexity index is 416. The minimum absolute atomic E-state index is 0. The molecule has 0 heterocycles. The van der Waals surface area contributed by atoms with E-state index in [9.17, 15) is 4.79 Å². The smallest absolute Gasteiger partial charge is 0.237 e. The molecule has 4 heteroatoms. The van der Waals surface area contributed by atoms with Crippen molar-refractivity contribution < 1.29 is 4.79 Å². The van der Waals surface area contributed by atoms with Gasteiger partial charge in [-0.15, -0.1) is 12.4 Å². The molecule has 0 spiro atoms. The highest BCUT2D eigenvalue weighted by molar-refractivity contribution is 5.85. The van der Waals surface area contributed by atoms with Gasteiger partial charge in [0.2, 0.25) is 5.91 Å². The van der Waals surface area contributed by atoms with Crippen molar-refractivity contribution in [1.82, 2.24) is 5.32 Å². The van der Waals surface area contributed by atoms with Crippen LogP contribution in [0.15, 0.2) is 30.3 Å². The van der Waals surface area contributed by atoms with E-state index in [4.69, 9.17) is 5.73 Å². The fourth-order valence-electron chi connectivity index (χ4n) is 2.98. The molecule has 0 saturated heterocycles. The van der Waals surface area contributed by atoms with Crippen LogP contribution < -0.4 is 11.1 Å². The van der Waals surface area contributed by atoms with Crippen molar-refractivity contribution in [3.8, 4) is 0 Å². The highest BCUT2D eigenvalue weighted by Gasteiger charge is 2.23. The Labute approximate surface area is 134 Å². The summed E-state index contributed by atoms with van der Waals surface area (Å²) in [6, 6.07) is 9.84. The fraction of sp³-hybridized carbons (Fsp3) is 0.588. The summed E-state index contributed by atoms with van der Waals surface area (Å²) in [5.74, 6) is 0.843. The van der Waals surface area contributed by atoms with Crippen molar-refractivity contribution >= 4 is 18.3 Å². The number of nitrogens with two attached hydrogens (primary N) is 1. The van der Waals surface area contributed by atoms with Crippen LogP contribution in [-0.2, 0) is 11.2 Å². The first-order valence-corrected chi connectivity index (χ1v) is 7.79. The van der Waals surface area contributed by atoms with E-state index in [-0.39, 0.29) is 18.3 Å². The second kappa shape index (κ2) is 9.06. The van der Waals surface area contributed by atoms with E-state index >= 15 is 0 Å². The highest BCUT2D eigenvalue weighted by Crippen LogP contribution is 2.26. The van der Waals surface area contributed by atoms with Crippen LogP contribution in [-0.4, -0.2) is 18.0 Å². The van der Waals surface area contributed by atoms with Gasteiger partial charge in [0.05, 0.1) is 6.04 Å². The van der Waals surface area contributed by atoms with E-state index in [0.717, 1.165) is 24.3 Å². The number of halogens is 1. The Morgan fingerprint density at radius 2 is 1.86 bits per heavy atom. The number of rotatable bonds is 5. The molecule has 1 aliphatic rings. The van der Waals surface area contributed by atoms with Crippen LogP contribution >= 0.6 is 12.4 Å². The maximum absolute atomic E-state index is 12.1. The van der Waals surface area contributed by atoms with Crippen LogP contribution in [0.5, 0.6) is 0 Å². The highest BCUT2D eigenvalue weighted by atomic mass is 35.5. The summed E-state index contributed by atoms with van der Waals surface area (Å²) in [5.41, 5.74) is 7.12. The topological polar surface area (TPSA) is 55.1 Å². The van der Waals surface area contributed by atoms with Gasteiger partial charge in [-0.05, 0) is 43.6 Å². The minimum atomic E-state index is -0.443. The molecule has 1 amide bonds. The van der Waals surface area contributed by atoms with Crippen LogP contribution in [0.1, 0.15) is 44.6 Å². The molecule has 1 saturated carbocycles. The maximum atomic E-state index is 12.1. The third-order valence-electron chi connectivity index (χ3n) is 4.41. The molecule has 1 aliphatic carbocycles. The Morgan fingerprint density at radius 3 is 2.43 bits per heavy atom. The third-order valence-corrected chi connectivity index (χ3v) is 4.41. The number of carbonyl (C=O) groups excluding carboxylic acids is 1. The summed E-state index contributed by atoms with van der Waals surface area (Å²) >= 11 is 0. The molecule has 21 heavy (non-hydrogen) atoms. The zero-order valence-corrected chi connectivity index (χ0v) is 13.6. The molecular weight excluding hydrogens is 284 g/mol. The van der Waals surface area contributed by atoms with Gasteiger partial charge in [-0.25, -0.2) is 0 Å². The first-order valence-electron chi connectivity index (χ1n) is 7.79. The van der Waals surface area contributed by atoms with Gasteiger partial charge in [0.1, 0.15) is 0 Å². The fourth-order valence-corrected chi connectivity index (χ4v) is 2.98. The van der Waals surface area contributed by atoms with Gasteiger partial charge in [-0.1, -0.05) is 43.7 Å². The average Bonchev–Trinajstić information content (AvgIpc) is 2.49. The Balaban J connectivity index is 0.00000220. The van der Waals surface area contributed by atoms with Gasteiger partial charge in [-0.2, -0.15) is 0 Å². The number of hydrogen-bond acceptors (Lipinski definition) is 2. The molecule has 118 valence electrons. The number of amides is 1. The van der Waals surface area contributed by atoms with Gasteiger partial charge in [0.15, 0.2) is 0 Å². The molecule has 2 rings (SSSR count). The zero-order chi connectivity index (χ0) is 14.4. The van der Waals surface area contributed by atoms with Crippen LogP contribution in [0.2, 0.25) is 0 Å². The number of nitrogens with one attached hydrogen (secondary N) is 1. The summed E-state index contributed by atoms with van der Waals surface area (Å²) in [6.45, 7) is 2.25. The summed E-state index contributed by atoms with van der Waals surface area (Å²) in [5, 5.41) is 3.12. The summed E-state index contributed by atoms with van der Waals surface area (Å²) in [4.78, 5) is 12.1. The summed E-state index contributed by atoms with van der Waals surface area (Å²) in [6.07, 6.45) is 6.53. The normalized spacial score (nSPS) is 23.0. The van der Waals surface area contributed by atoms with Gasteiger partial charge in [0.25, 0.3) is 0 Å². The van der Waals surface area contributed by atoms with Crippen molar-refractivity contribution in [3.63, 3.8) is 0 Å². The van der Waals surface area contributed by atoms with E-state index in [2.05, 4.69) is 12.2 Å². The quantitative estimate of drug-likeness (QED) is 0.878. The van der Waals surface area contributed by atoms with Crippen molar-refractivity contribution in [3.05, 3.63) is 35.9 Å². The second-order valence-corrected chi connectivity index (χ2v) is 5.93. The molecule has 0 aromatic heterocycles. The SMILES string of the molecule is CCC1CCC(NC(=O)[C@@H](N)Cc2ccccc2)CC1.Cl. The summed E-state index contributed by atoms with van der Waals surface area (Å²) in [7, 11) is 0. The molecule has 3 N–H and O–H groups in total.